The zero-order chi connectivity index (χ0) is 19.1. The van der Waals surface area contributed by atoms with Crippen LogP contribution in [0.1, 0.15) is 47.2 Å². The molecule has 1 fully saturated rings. The van der Waals surface area contributed by atoms with Gasteiger partial charge in [0.1, 0.15) is 5.82 Å². The molecule has 0 atom stereocenters. The smallest absolute Gasteiger partial charge is 0.276 e. The van der Waals surface area contributed by atoms with Crippen molar-refractivity contribution in [2.45, 2.75) is 32.1 Å². The Bertz CT molecular complexity index is 1150. The molecule has 4 aromatic rings. The Hall–Kier alpha value is -3.41. The van der Waals surface area contributed by atoms with Crippen LogP contribution in [-0.4, -0.2) is 25.7 Å². The number of nitrogens with one attached hydrogen (secondary N) is 2. The van der Waals surface area contributed by atoms with Gasteiger partial charge >= 0.3 is 0 Å². The Kier molecular flexibility index (Phi) is 3.97. The lowest BCUT2D eigenvalue weighted by molar-refractivity contribution is 0.102. The quantitative estimate of drug-likeness (QED) is 0.551. The van der Waals surface area contributed by atoms with Crippen LogP contribution in [0.4, 0.5) is 5.69 Å². The fourth-order valence-electron chi connectivity index (χ4n) is 3.59. The van der Waals surface area contributed by atoms with E-state index in [0.29, 0.717) is 11.6 Å². The highest BCUT2D eigenvalue weighted by Crippen LogP contribution is 2.35. The molecule has 1 amide bonds. The molecule has 6 nitrogen and oxygen atoms in total. The molecule has 2 aromatic carbocycles. The van der Waals surface area contributed by atoms with E-state index in [1.54, 1.807) is 10.7 Å². The SMILES string of the molecule is Cc1cc(C(=O)Nc2ccc3nc(C4CCC4)[nH]c3c2)nn1-c1ccccc1. The summed E-state index contributed by atoms with van der Waals surface area (Å²) in [7, 11) is 0. The van der Waals surface area contributed by atoms with Crippen molar-refractivity contribution in [3.63, 3.8) is 0 Å². The molecule has 5 rings (SSSR count). The molecule has 6 heteroatoms. The summed E-state index contributed by atoms with van der Waals surface area (Å²) >= 11 is 0. The third-order valence-electron chi connectivity index (χ3n) is 5.37. The summed E-state index contributed by atoms with van der Waals surface area (Å²) in [6.07, 6.45) is 3.68. The van der Waals surface area contributed by atoms with Gasteiger partial charge in [0.15, 0.2) is 5.69 Å². The van der Waals surface area contributed by atoms with Gasteiger partial charge in [0.05, 0.1) is 16.7 Å². The number of rotatable bonds is 4. The average Bonchev–Trinajstić information content (AvgIpc) is 3.24. The second-order valence-corrected chi connectivity index (χ2v) is 7.35. The minimum atomic E-state index is -0.226. The van der Waals surface area contributed by atoms with Crippen LogP contribution in [0.3, 0.4) is 0 Å². The maximum absolute atomic E-state index is 12.7. The lowest BCUT2D eigenvalue weighted by atomic mass is 9.85. The summed E-state index contributed by atoms with van der Waals surface area (Å²) in [5.41, 5.74) is 4.84. The highest BCUT2D eigenvalue weighted by Gasteiger charge is 2.22. The number of aromatic nitrogens is 4. The topological polar surface area (TPSA) is 75.6 Å². The zero-order valence-electron chi connectivity index (χ0n) is 15.6. The number of amides is 1. The van der Waals surface area contributed by atoms with Crippen molar-refractivity contribution in [2.75, 3.05) is 5.32 Å². The van der Waals surface area contributed by atoms with Crippen LogP contribution in [0.5, 0.6) is 0 Å². The molecule has 1 aliphatic carbocycles. The van der Waals surface area contributed by atoms with Crippen LogP contribution >= 0.6 is 0 Å². The summed E-state index contributed by atoms with van der Waals surface area (Å²) in [4.78, 5) is 20.8. The normalized spacial score (nSPS) is 14.2. The number of aryl methyl sites for hydroxylation is 1. The molecule has 140 valence electrons. The van der Waals surface area contributed by atoms with E-state index in [1.165, 1.54) is 19.3 Å². The first kappa shape index (κ1) is 16.7. The Morgan fingerprint density at radius 2 is 1.96 bits per heavy atom. The third kappa shape index (κ3) is 2.97. The predicted molar refractivity (Wildman–Crippen MR) is 109 cm³/mol. The first-order valence-corrected chi connectivity index (χ1v) is 9.60. The van der Waals surface area contributed by atoms with Crippen molar-refractivity contribution in [2.24, 2.45) is 0 Å². The Balaban J connectivity index is 1.38. The van der Waals surface area contributed by atoms with Crippen LogP contribution in [0.25, 0.3) is 16.7 Å². The van der Waals surface area contributed by atoms with Gasteiger partial charge in [-0.25, -0.2) is 9.67 Å². The van der Waals surface area contributed by atoms with Gasteiger partial charge in [0, 0.05) is 17.3 Å². The first-order chi connectivity index (χ1) is 13.7. The number of para-hydroxylation sites is 1. The standard InChI is InChI=1S/C22H21N5O/c1-14-12-20(26-27(14)17-8-3-2-4-9-17)22(28)23-16-10-11-18-19(13-16)25-21(24-18)15-6-5-7-15/h2-4,8-13,15H,5-7H2,1H3,(H,23,28)(H,24,25). The predicted octanol–water partition coefficient (Wildman–Crippen LogP) is 4.58. The lowest BCUT2D eigenvalue weighted by Gasteiger charge is -2.22. The molecule has 2 heterocycles. The molecule has 0 spiro atoms. The van der Waals surface area contributed by atoms with Crippen molar-refractivity contribution in [3.8, 4) is 5.69 Å². The summed E-state index contributed by atoms with van der Waals surface area (Å²) in [6, 6.07) is 17.3. The van der Waals surface area contributed by atoms with Crippen molar-refractivity contribution in [1.29, 1.82) is 0 Å². The fourth-order valence-corrected chi connectivity index (χ4v) is 3.59. The van der Waals surface area contributed by atoms with Crippen molar-refractivity contribution in [3.05, 3.63) is 71.8 Å². The molecule has 1 aliphatic rings. The number of anilines is 1. The minimum Gasteiger partial charge on any atom is -0.342 e. The number of hydrogen-bond acceptors (Lipinski definition) is 3. The van der Waals surface area contributed by atoms with E-state index < -0.39 is 0 Å². The Labute approximate surface area is 162 Å². The molecule has 0 aliphatic heterocycles. The van der Waals surface area contributed by atoms with Crippen LogP contribution in [-0.2, 0) is 0 Å². The largest absolute Gasteiger partial charge is 0.342 e. The van der Waals surface area contributed by atoms with Crippen LogP contribution in [0.15, 0.2) is 54.6 Å². The summed E-state index contributed by atoms with van der Waals surface area (Å²) in [6.45, 7) is 1.94. The molecular formula is C22H21N5O. The van der Waals surface area contributed by atoms with Gasteiger partial charge in [-0.1, -0.05) is 24.6 Å². The number of fused-ring (bicyclic) bond motifs is 1. The summed E-state index contributed by atoms with van der Waals surface area (Å²) in [5.74, 6) is 1.38. The van der Waals surface area contributed by atoms with E-state index in [4.69, 9.17) is 0 Å². The van der Waals surface area contributed by atoms with Gasteiger partial charge < -0.3 is 10.3 Å². The Morgan fingerprint density at radius 3 is 2.71 bits per heavy atom. The molecule has 0 bridgehead atoms. The maximum atomic E-state index is 12.7. The number of carbonyl (C=O) groups is 1. The van der Waals surface area contributed by atoms with Gasteiger partial charge in [-0.2, -0.15) is 5.10 Å². The number of aromatic amines is 1. The molecule has 28 heavy (non-hydrogen) atoms. The van der Waals surface area contributed by atoms with Gasteiger partial charge in [0.25, 0.3) is 5.91 Å². The zero-order valence-corrected chi connectivity index (χ0v) is 15.6. The van der Waals surface area contributed by atoms with Gasteiger partial charge in [0.2, 0.25) is 0 Å². The maximum Gasteiger partial charge on any atom is 0.276 e. The number of H-pyrrole nitrogens is 1. The monoisotopic (exact) mass is 371 g/mol. The Morgan fingerprint density at radius 1 is 1.14 bits per heavy atom. The van der Waals surface area contributed by atoms with E-state index in [0.717, 1.165) is 33.9 Å². The van der Waals surface area contributed by atoms with E-state index in [1.807, 2.05) is 55.5 Å². The molecule has 2 N–H and O–H groups in total. The van der Waals surface area contributed by atoms with E-state index in [2.05, 4.69) is 20.4 Å². The van der Waals surface area contributed by atoms with E-state index in [-0.39, 0.29) is 5.91 Å². The highest BCUT2D eigenvalue weighted by atomic mass is 16.1. The summed E-state index contributed by atoms with van der Waals surface area (Å²) < 4.78 is 1.78. The third-order valence-corrected chi connectivity index (χ3v) is 5.37. The van der Waals surface area contributed by atoms with Crippen LogP contribution in [0, 0.1) is 6.92 Å². The molecule has 0 saturated heterocycles. The molecule has 2 aromatic heterocycles. The van der Waals surface area contributed by atoms with Gasteiger partial charge in [-0.05, 0) is 56.2 Å². The molecule has 0 unspecified atom stereocenters. The first-order valence-electron chi connectivity index (χ1n) is 9.60. The lowest BCUT2D eigenvalue weighted by Crippen LogP contribution is -2.13. The van der Waals surface area contributed by atoms with E-state index >= 15 is 0 Å². The molecule has 0 radical (unpaired) electrons. The fraction of sp³-hybridized carbons (Fsp3) is 0.227. The minimum absolute atomic E-state index is 0.226. The number of benzene rings is 2. The van der Waals surface area contributed by atoms with Crippen molar-refractivity contribution >= 4 is 22.6 Å². The number of carbonyl (C=O) groups excluding carboxylic acids is 1. The average molecular weight is 371 g/mol. The van der Waals surface area contributed by atoms with Crippen LogP contribution in [0.2, 0.25) is 0 Å². The number of nitrogens with zero attached hydrogens (tertiary/aromatic N) is 3. The van der Waals surface area contributed by atoms with Crippen molar-refractivity contribution < 1.29 is 4.79 Å². The van der Waals surface area contributed by atoms with Crippen molar-refractivity contribution in [1.82, 2.24) is 19.7 Å². The summed E-state index contributed by atoms with van der Waals surface area (Å²) in [5, 5.41) is 7.42. The van der Waals surface area contributed by atoms with E-state index in [9.17, 15) is 4.79 Å². The van der Waals surface area contributed by atoms with Gasteiger partial charge in [-0.15, -0.1) is 0 Å². The second kappa shape index (κ2) is 6.64. The molecule has 1 saturated carbocycles. The van der Waals surface area contributed by atoms with Crippen LogP contribution < -0.4 is 5.32 Å². The van der Waals surface area contributed by atoms with Gasteiger partial charge in [-0.3, -0.25) is 4.79 Å². The second-order valence-electron chi connectivity index (χ2n) is 7.35. The number of hydrogen-bond donors (Lipinski definition) is 2. The number of imidazole rings is 1. The molecular weight excluding hydrogens is 350 g/mol. The highest BCUT2D eigenvalue weighted by molar-refractivity contribution is 6.03.